The van der Waals surface area contributed by atoms with E-state index in [0.717, 1.165) is 73.8 Å². The highest BCUT2D eigenvalue weighted by molar-refractivity contribution is 7.91. The zero-order valence-corrected chi connectivity index (χ0v) is 31.3. The van der Waals surface area contributed by atoms with Gasteiger partial charge < -0.3 is 33.8 Å². The molecule has 0 atom stereocenters. The molecule has 2 aromatic heterocycles. The molecular weight excluding hydrogens is 655 g/mol. The lowest BCUT2D eigenvalue weighted by molar-refractivity contribution is 0.159. The van der Waals surface area contributed by atoms with Crippen LogP contribution in [-0.2, 0) is 20.7 Å². The molecule has 0 aliphatic carbocycles. The van der Waals surface area contributed by atoms with Gasteiger partial charge in [-0.15, -0.1) is 0 Å². The van der Waals surface area contributed by atoms with Crippen LogP contribution in [0.15, 0.2) is 45.2 Å². The monoisotopic (exact) mass is 707 g/mol. The highest BCUT2D eigenvalue weighted by Gasteiger charge is 2.30. The van der Waals surface area contributed by atoms with Crippen molar-refractivity contribution in [1.29, 1.82) is 0 Å². The lowest BCUT2D eigenvalue weighted by atomic mass is 9.87. The number of carbonyl (C=O) groups excluding carboxylic acids is 1. The smallest absolute Gasteiger partial charge is 0.320 e. The molecule has 2 aromatic carbocycles. The summed E-state index contributed by atoms with van der Waals surface area (Å²) in [6.07, 6.45) is 1.94. The molecule has 1 N–H and O–H groups in total. The number of rotatable bonds is 2. The highest BCUT2D eigenvalue weighted by atomic mass is 32.2. The molecule has 3 aliphatic rings. The molecule has 13 heteroatoms. The predicted molar refractivity (Wildman–Crippen MR) is 199 cm³/mol. The Balaban J connectivity index is 0.000000187. The molecule has 2 amide bonds. The molecular formula is C37H53N7O5S. The van der Waals surface area contributed by atoms with Crippen molar-refractivity contribution >= 4 is 50.1 Å². The van der Waals surface area contributed by atoms with E-state index >= 15 is 0 Å². The molecule has 5 heterocycles. The molecule has 272 valence electrons. The summed E-state index contributed by atoms with van der Waals surface area (Å²) in [7, 11) is -3.00. The number of urea groups is 1. The van der Waals surface area contributed by atoms with Gasteiger partial charge in [-0.05, 0) is 65.6 Å². The van der Waals surface area contributed by atoms with Crippen LogP contribution < -0.4 is 15.1 Å². The van der Waals surface area contributed by atoms with Crippen LogP contribution in [0.5, 0.6) is 0 Å². The summed E-state index contributed by atoms with van der Waals surface area (Å²) >= 11 is 0. The van der Waals surface area contributed by atoms with Crippen LogP contribution in [-0.4, -0.2) is 111 Å². The average Bonchev–Trinajstić information content (AvgIpc) is 3.46. The Kier molecular flexibility index (Phi) is 10.4. The molecule has 12 nitrogen and oxygen atoms in total. The molecule has 0 saturated carbocycles. The van der Waals surface area contributed by atoms with Gasteiger partial charge in [0.1, 0.15) is 11.0 Å². The number of hydrogen-bond donors (Lipinski definition) is 1. The zero-order chi connectivity index (χ0) is 35.7. The van der Waals surface area contributed by atoms with Crippen LogP contribution in [0.4, 0.5) is 16.8 Å². The van der Waals surface area contributed by atoms with Gasteiger partial charge in [-0.25, -0.2) is 13.2 Å². The summed E-state index contributed by atoms with van der Waals surface area (Å²) in [5, 5.41) is 3.40. The first kappa shape index (κ1) is 36.0. The summed E-state index contributed by atoms with van der Waals surface area (Å²) in [6, 6.07) is 13.8. The number of hydrogen-bond acceptors (Lipinski definition) is 10. The normalized spacial score (nSPS) is 19.2. The van der Waals surface area contributed by atoms with Gasteiger partial charge in [-0.2, -0.15) is 9.97 Å². The Morgan fingerprint density at radius 1 is 0.660 bits per heavy atom. The van der Waals surface area contributed by atoms with Crippen molar-refractivity contribution in [2.24, 2.45) is 0 Å². The van der Waals surface area contributed by atoms with Crippen LogP contribution in [0.1, 0.15) is 65.5 Å². The molecule has 7 rings (SSSR count). The molecule has 3 aliphatic heterocycles. The van der Waals surface area contributed by atoms with Gasteiger partial charge in [-0.1, -0.05) is 53.7 Å². The fraction of sp³-hybridized carbons (Fsp3) is 0.595. The number of carbonyl (C=O) groups is 1. The van der Waals surface area contributed by atoms with Crippen LogP contribution in [0.3, 0.4) is 0 Å². The molecule has 3 saturated heterocycles. The minimum absolute atomic E-state index is 0.0462. The third-order valence-electron chi connectivity index (χ3n) is 9.75. The Hall–Kier alpha value is -3.84. The van der Waals surface area contributed by atoms with Gasteiger partial charge in [0.25, 0.3) is 12.0 Å². The van der Waals surface area contributed by atoms with E-state index in [-0.39, 0.29) is 41.5 Å². The topological polar surface area (TPSA) is 128 Å². The summed E-state index contributed by atoms with van der Waals surface area (Å²) in [6.45, 7) is 20.4. The van der Waals surface area contributed by atoms with Crippen LogP contribution in [0, 0.1) is 0 Å². The van der Waals surface area contributed by atoms with Crippen molar-refractivity contribution in [1.82, 2.24) is 25.1 Å². The second-order valence-corrected chi connectivity index (χ2v) is 18.0. The lowest BCUT2D eigenvalue weighted by Crippen LogP contribution is -2.50. The van der Waals surface area contributed by atoms with Gasteiger partial charge >= 0.3 is 6.03 Å². The van der Waals surface area contributed by atoms with Crippen LogP contribution in [0.25, 0.3) is 22.2 Å². The average molecular weight is 708 g/mol. The van der Waals surface area contributed by atoms with E-state index in [1.807, 2.05) is 17.0 Å². The number of anilines is 2. The maximum absolute atomic E-state index is 12.8. The second kappa shape index (κ2) is 14.4. The van der Waals surface area contributed by atoms with Crippen LogP contribution >= 0.6 is 0 Å². The fourth-order valence-electron chi connectivity index (χ4n) is 6.47. The summed E-state index contributed by atoms with van der Waals surface area (Å²) in [5.41, 5.74) is 6.15. The molecule has 0 unspecified atom stereocenters. The summed E-state index contributed by atoms with van der Waals surface area (Å²) < 4.78 is 35.2. The summed E-state index contributed by atoms with van der Waals surface area (Å²) in [4.78, 5) is 30.0. The lowest BCUT2D eigenvalue weighted by Gasteiger charge is -2.32. The maximum Gasteiger partial charge on any atom is 0.320 e. The second-order valence-electron chi connectivity index (χ2n) is 15.7. The third-order valence-corrected chi connectivity index (χ3v) is 11.4. The number of fused-ring (bicyclic) bond motifs is 2. The van der Waals surface area contributed by atoms with Gasteiger partial charge in [0, 0.05) is 58.9 Å². The number of benzene rings is 2. The molecule has 0 spiro atoms. The molecule has 3 fully saturated rings. The van der Waals surface area contributed by atoms with E-state index in [1.165, 1.54) is 11.1 Å². The number of nitrogens with one attached hydrogen (secondary N) is 1. The van der Waals surface area contributed by atoms with Gasteiger partial charge in [0.15, 0.2) is 21.0 Å². The Morgan fingerprint density at radius 2 is 1.18 bits per heavy atom. The largest absolute Gasteiger partial charge is 0.423 e. The third kappa shape index (κ3) is 8.54. The summed E-state index contributed by atoms with van der Waals surface area (Å²) in [5.74, 6) is 0.107. The van der Waals surface area contributed by atoms with Crippen molar-refractivity contribution in [3.8, 4) is 0 Å². The van der Waals surface area contributed by atoms with E-state index in [0.29, 0.717) is 25.6 Å². The minimum Gasteiger partial charge on any atom is -0.423 e. The predicted octanol–water partition coefficient (Wildman–Crippen LogP) is 5.41. The Morgan fingerprint density at radius 3 is 1.74 bits per heavy atom. The fourth-order valence-corrected chi connectivity index (χ4v) is 7.68. The first-order valence-electron chi connectivity index (χ1n) is 17.9. The Labute approximate surface area is 296 Å². The van der Waals surface area contributed by atoms with Crippen molar-refractivity contribution < 1.29 is 22.0 Å². The zero-order valence-electron chi connectivity index (χ0n) is 30.5. The number of aromatic nitrogens is 2. The quantitative estimate of drug-likeness (QED) is 0.289. The number of oxazole rings is 2. The van der Waals surface area contributed by atoms with E-state index in [9.17, 15) is 13.2 Å². The first-order chi connectivity index (χ1) is 23.7. The van der Waals surface area contributed by atoms with Gasteiger partial charge in [-0.3, -0.25) is 0 Å². The number of nitrogens with zero attached hydrogens (tertiary/aromatic N) is 6. The van der Waals surface area contributed by atoms with Gasteiger partial charge in [0.2, 0.25) is 0 Å². The maximum atomic E-state index is 12.8. The number of sulfone groups is 1. The number of amides is 2. The standard InChI is InChI=1S/C21H30N4O4S.C16H23N3O/c1-21(2,3)16-5-6-18-17(15-16)22-19(29-18)23-7-4-8-24(10-9-23)20(26)25-11-13-30(27,28)14-12-25;1-16(2,3)12-5-6-14-13(11-12)18-15(20-14)19-9-4-7-17-8-10-19/h5-6,15H,4,7-14H2,1-3H3;5-6,11,17H,4,7-10H2,1-3H3. The SMILES string of the molecule is CC(C)(C)c1ccc2oc(N3CCCN(C(=O)N4CCS(=O)(=O)CC4)CC3)nc2c1.CC(C)(C)c1ccc2oc(N3CCCNCC3)nc2c1. The van der Waals surface area contributed by atoms with E-state index < -0.39 is 9.84 Å². The first-order valence-corrected chi connectivity index (χ1v) is 19.8. The van der Waals surface area contributed by atoms with Gasteiger partial charge in [0.05, 0.1) is 11.5 Å². The van der Waals surface area contributed by atoms with E-state index in [2.05, 4.69) is 85.9 Å². The minimum atomic E-state index is -3.00. The van der Waals surface area contributed by atoms with Crippen molar-refractivity contribution in [2.45, 2.75) is 65.2 Å². The van der Waals surface area contributed by atoms with Crippen molar-refractivity contribution in [2.75, 3.05) is 86.8 Å². The molecule has 4 aromatic rings. The molecule has 0 bridgehead atoms. The highest BCUT2D eigenvalue weighted by Crippen LogP contribution is 2.30. The Bertz CT molecular complexity index is 1880. The van der Waals surface area contributed by atoms with Crippen molar-refractivity contribution in [3.05, 3.63) is 47.5 Å². The van der Waals surface area contributed by atoms with Crippen molar-refractivity contribution in [3.63, 3.8) is 0 Å². The van der Waals surface area contributed by atoms with Crippen LogP contribution in [0.2, 0.25) is 0 Å². The molecule has 50 heavy (non-hydrogen) atoms. The van der Waals surface area contributed by atoms with E-state index in [4.69, 9.17) is 13.8 Å². The molecule has 0 radical (unpaired) electrons. The van der Waals surface area contributed by atoms with E-state index in [1.54, 1.807) is 4.90 Å².